The van der Waals surface area contributed by atoms with Gasteiger partial charge in [0.15, 0.2) is 0 Å². The highest BCUT2D eigenvalue weighted by molar-refractivity contribution is 5.32. The van der Waals surface area contributed by atoms with Crippen LogP contribution in [0.15, 0.2) is 24.3 Å². The van der Waals surface area contributed by atoms with Crippen molar-refractivity contribution in [3.8, 4) is 0 Å². The summed E-state index contributed by atoms with van der Waals surface area (Å²) in [5.74, 6) is 0. The van der Waals surface area contributed by atoms with Crippen LogP contribution in [-0.4, -0.2) is 6.04 Å². The van der Waals surface area contributed by atoms with Gasteiger partial charge < -0.3 is 5.32 Å². The molecule has 0 radical (unpaired) electrons. The highest BCUT2D eigenvalue weighted by Gasteiger charge is 2.34. The smallest absolute Gasteiger partial charge is 0.307 e. The summed E-state index contributed by atoms with van der Waals surface area (Å²) in [6.07, 6.45) is 3.97. The zero-order valence-corrected chi connectivity index (χ0v) is 12.5. The minimum absolute atomic E-state index is 0.271. The van der Waals surface area contributed by atoms with Crippen molar-refractivity contribution in [1.82, 2.24) is 5.32 Å². The van der Waals surface area contributed by atoms with Gasteiger partial charge in [0.05, 0.1) is 5.56 Å². The van der Waals surface area contributed by atoms with Gasteiger partial charge in [0.1, 0.15) is 0 Å². The van der Waals surface area contributed by atoms with E-state index in [1.165, 1.54) is 44.2 Å². The van der Waals surface area contributed by atoms with Gasteiger partial charge in [0, 0.05) is 12.1 Å². The molecule has 1 aromatic rings. The van der Waals surface area contributed by atoms with E-state index in [0.29, 0.717) is 11.6 Å². The predicted octanol–water partition coefficient (Wildman–Crippen LogP) is 5.47. The molecule has 118 valence electrons. The van der Waals surface area contributed by atoms with E-state index in [1.54, 1.807) is 12.1 Å². The molecule has 2 rings (SSSR count). The number of benzene rings is 1. The fraction of sp³-hybridized carbons (Fsp3) is 0.647. The molecule has 1 N–H and O–H groups in total. The summed E-state index contributed by atoms with van der Waals surface area (Å²) in [6.45, 7) is 1.84. The normalized spacial score (nSPS) is 19.8. The van der Waals surface area contributed by atoms with Crippen LogP contribution in [0.2, 0.25) is 0 Å². The molecule has 0 saturated heterocycles. The molecule has 0 amide bonds. The predicted molar refractivity (Wildman–Crippen MR) is 79.1 cm³/mol. The molecule has 0 bridgehead atoms. The Labute approximate surface area is 124 Å². The lowest BCUT2D eigenvalue weighted by molar-refractivity contribution is -0.138. The first kappa shape index (κ1) is 16.3. The fourth-order valence-electron chi connectivity index (χ4n) is 3.20. The number of alkyl halides is 3. The van der Waals surface area contributed by atoms with Crippen LogP contribution >= 0.6 is 0 Å². The van der Waals surface area contributed by atoms with Crippen LogP contribution in [0.4, 0.5) is 13.2 Å². The molecule has 1 aliphatic carbocycles. The van der Waals surface area contributed by atoms with Gasteiger partial charge in [-0.3, -0.25) is 0 Å². The number of halogens is 3. The van der Waals surface area contributed by atoms with Crippen LogP contribution < -0.4 is 5.32 Å². The van der Waals surface area contributed by atoms with E-state index >= 15 is 0 Å². The number of hydrogen-bond donors (Lipinski definition) is 1. The van der Waals surface area contributed by atoms with E-state index in [-0.39, 0.29) is 6.04 Å². The van der Waals surface area contributed by atoms with Gasteiger partial charge in [-0.1, -0.05) is 50.3 Å². The van der Waals surface area contributed by atoms with Gasteiger partial charge in [0.2, 0.25) is 0 Å². The Balaban J connectivity index is 2.07. The molecule has 1 atom stereocenters. The fourth-order valence-corrected chi connectivity index (χ4v) is 3.20. The monoisotopic (exact) mass is 299 g/mol. The summed E-state index contributed by atoms with van der Waals surface area (Å²) in [5.41, 5.74) is -0.164. The van der Waals surface area contributed by atoms with Crippen LogP contribution in [0.25, 0.3) is 0 Å². The standard InChI is InChI=1S/C17H24F3N/c1-13(21-14-9-5-3-2-4-6-10-14)15-11-7-8-12-16(15)17(18,19)20/h7-8,11-14,21H,2-6,9-10H2,1H3. The van der Waals surface area contributed by atoms with Crippen LogP contribution in [0.3, 0.4) is 0 Å². The Hall–Kier alpha value is -1.03. The van der Waals surface area contributed by atoms with Gasteiger partial charge in [-0.05, 0) is 31.4 Å². The van der Waals surface area contributed by atoms with Crippen molar-refractivity contribution < 1.29 is 13.2 Å². The lowest BCUT2D eigenvalue weighted by Gasteiger charge is -2.27. The highest BCUT2D eigenvalue weighted by Crippen LogP contribution is 2.34. The lowest BCUT2D eigenvalue weighted by atomic mass is 9.94. The molecule has 0 aromatic heterocycles. The van der Waals surface area contributed by atoms with E-state index in [9.17, 15) is 13.2 Å². The first-order valence-electron chi connectivity index (χ1n) is 7.90. The molecule has 0 heterocycles. The first-order valence-corrected chi connectivity index (χ1v) is 7.90. The Morgan fingerprint density at radius 3 is 2.19 bits per heavy atom. The van der Waals surface area contributed by atoms with Crippen LogP contribution in [0, 0.1) is 0 Å². The van der Waals surface area contributed by atoms with Gasteiger partial charge in [-0.2, -0.15) is 13.2 Å². The molecule has 0 aliphatic heterocycles. The van der Waals surface area contributed by atoms with E-state index in [1.807, 2.05) is 6.92 Å². The van der Waals surface area contributed by atoms with Crippen molar-refractivity contribution in [2.45, 2.75) is 70.1 Å². The highest BCUT2D eigenvalue weighted by atomic mass is 19.4. The molecule has 1 aromatic carbocycles. The summed E-state index contributed by atoms with van der Waals surface area (Å²) in [5, 5.41) is 3.42. The van der Waals surface area contributed by atoms with Crippen LogP contribution in [-0.2, 0) is 6.18 Å². The summed E-state index contributed by atoms with van der Waals surface area (Å²) in [7, 11) is 0. The molecular weight excluding hydrogens is 275 g/mol. The third-order valence-corrected chi connectivity index (χ3v) is 4.32. The van der Waals surface area contributed by atoms with Gasteiger partial charge in [-0.15, -0.1) is 0 Å². The van der Waals surface area contributed by atoms with E-state index < -0.39 is 11.7 Å². The maximum atomic E-state index is 13.1. The average molecular weight is 299 g/mol. The minimum atomic E-state index is -4.28. The van der Waals surface area contributed by atoms with Gasteiger partial charge in [0.25, 0.3) is 0 Å². The zero-order chi connectivity index (χ0) is 15.3. The quantitative estimate of drug-likeness (QED) is 0.780. The summed E-state index contributed by atoms with van der Waals surface area (Å²) >= 11 is 0. The second-order valence-corrected chi connectivity index (χ2v) is 6.02. The Bertz CT molecular complexity index is 434. The van der Waals surface area contributed by atoms with Crippen molar-refractivity contribution in [2.24, 2.45) is 0 Å². The molecule has 0 spiro atoms. The molecule has 1 unspecified atom stereocenters. The molecule has 21 heavy (non-hydrogen) atoms. The Kier molecular flexibility index (Phi) is 5.68. The van der Waals surface area contributed by atoms with Crippen molar-refractivity contribution in [2.75, 3.05) is 0 Å². The molecule has 1 saturated carbocycles. The molecule has 1 aliphatic rings. The van der Waals surface area contributed by atoms with Crippen molar-refractivity contribution in [3.05, 3.63) is 35.4 Å². The van der Waals surface area contributed by atoms with E-state index in [0.717, 1.165) is 12.8 Å². The third kappa shape index (κ3) is 4.73. The average Bonchev–Trinajstić information content (AvgIpc) is 2.40. The largest absolute Gasteiger partial charge is 0.416 e. The SMILES string of the molecule is CC(NC1CCCCCCC1)c1ccccc1C(F)(F)F. The molecule has 1 nitrogen and oxygen atoms in total. The minimum Gasteiger partial charge on any atom is -0.307 e. The van der Waals surface area contributed by atoms with Crippen molar-refractivity contribution >= 4 is 0 Å². The molecular formula is C17H24F3N. The Morgan fingerprint density at radius 2 is 1.57 bits per heavy atom. The number of hydrogen-bond acceptors (Lipinski definition) is 1. The molecule has 1 fully saturated rings. The zero-order valence-electron chi connectivity index (χ0n) is 12.5. The lowest BCUT2D eigenvalue weighted by Crippen LogP contribution is -2.33. The topological polar surface area (TPSA) is 12.0 Å². The third-order valence-electron chi connectivity index (χ3n) is 4.32. The second kappa shape index (κ2) is 7.30. The number of rotatable bonds is 3. The van der Waals surface area contributed by atoms with E-state index in [4.69, 9.17) is 0 Å². The van der Waals surface area contributed by atoms with E-state index in [2.05, 4.69) is 5.32 Å². The maximum absolute atomic E-state index is 13.1. The van der Waals surface area contributed by atoms with Crippen molar-refractivity contribution in [3.63, 3.8) is 0 Å². The van der Waals surface area contributed by atoms with Crippen LogP contribution in [0.5, 0.6) is 0 Å². The maximum Gasteiger partial charge on any atom is 0.416 e. The summed E-state index contributed by atoms with van der Waals surface area (Å²) in [4.78, 5) is 0. The number of nitrogens with one attached hydrogen (secondary N) is 1. The van der Waals surface area contributed by atoms with Gasteiger partial charge >= 0.3 is 6.18 Å². The van der Waals surface area contributed by atoms with Crippen LogP contribution in [0.1, 0.15) is 69.0 Å². The van der Waals surface area contributed by atoms with Crippen molar-refractivity contribution in [1.29, 1.82) is 0 Å². The molecule has 4 heteroatoms. The summed E-state index contributed by atoms with van der Waals surface area (Å²) in [6, 6.07) is 5.96. The Morgan fingerprint density at radius 1 is 1.00 bits per heavy atom. The van der Waals surface area contributed by atoms with Gasteiger partial charge in [-0.25, -0.2) is 0 Å². The summed E-state index contributed by atoms with van der Waals surface area (Å²) < 4.78 is 39.2. The second-order valence-electron chi connectivity index (χ2n) is 6.02. The first-order chi connectivity index (χ1) is 9.98.